The number of nitrogens with one attached hydrogen (secondary N) is 1. The Kier molecular flexibility index (Phi) is 5.79. The Labute approximate surface area is 102 Å². The molecule has 0 saturated carbocycles. The standard InChI is InChI=1S/C13H18ClNO/c1-3-8-16-13-6-4-12(5-7-13)15-10-11(2)9-14/h4-7,9,15H,3,8,10H2,1-2H3/b11-9+. The first-order valence-corrected chi connectivity index (χ1v) is 5.92. The Hall–Kier alpha value is -1.15. The predicted molar refractivity (Wildman–Crippen MR) is 70.3 cm³/mol. The van der Waals surface area contributed by atoms with Crippen molar-refractivity contribution in [2.75, 3.05) is 18.5 Å². The van der Waals surface area contributed by atoms with Crippen molar-refractivity contribution in [3.63, 3.8) is 0 Å². The van der Waals surface area contributed by atoms with Crippen molar-refractivity contribution in [2.24, 2.45) is 0 Å². The first-order valence-electron chi connectivity index (χ1n) is 5.49. The molecule has 88 valence electrons. The van der Waals surface area contributed by atoms with Crippen LogP contribution in [0.3, 0.4) is 0 Å². The van der Waals surface area contributed by atoms with Gasteiger partial charge in [-0.05, 0) is 43.2 Å². The lowest BCUT2D eigenvalue weighted by atomic mass is 10.3. The van der Waals surface area contributed by atoms with Gasteiger partial charge in [-0.1, -0.05) is 18.5 Å². The van der Waals surface area contributed by atoms with E-state index in [4.69, 9.17) is 16.3 Å². The minimum absolute atomic E-state index is 0.763. The van der Waals surface area contributed by atoms with Crippen molar-refractivity contribution in [3.05, 3.63) is 35.4 Å². The van der Waals surface area contributed by atoms with Gasteiger partial charge in [0.05, 0.1) is 6.61 Å². The second kappa shape index (κ2) is 7.18. The lowest BCUT2D eigenvalue weighted by Gasteiger charge is -2.08. The van der Waals surface area contributed by atoms with Crippen LogP contribution in [0.5, 0.6) is 5.75 Å². The average Bonchev–Trinajstić information content (AvgIpc) is 2.34. The third kappa shape index (κ3) is 4.58. The van der Waals surface area contributed by atoms with Crippen molar-refractivity contribution in [3.8, 4) is 5.75 Å². The Morgan fingerprint density at radius 2 is 2.06 bits per heavy atom. The SMILES string of the molecule is CCCOc1ccc(NC/C(C)=C/Cl)cc1. The molecule has 1 rings (SSSR count). The number of benzene rings is 1. The van der Waals surface area contributed by atoms with Gasteiger partial charge in [0.1, 0.15) is 5.75 Å². The minimum Gasteiger partial charge on any atom is -0.494 e. The molecule has 3 heteroatoms. The van der Waals surface area contributed by atoms with Crippen LogP contribution in [-0.4, -0.2) is 13.2 Å². The van der Waals surface area contributed by atoms with E-state index < -0.39 is 0 Å². The highest BCUT2D eigenvalue weighted by Gasteiger charge is 1.95. The van der Waals surface area contributed by atoms with E-state index in [1.165, 1.54) is 0 Å². The maximum atomic E-state index is 5.58. The molecule has 0 saturated heterocycles. The van der Waals surface area contributed by atoms with Gasteiger partial charge in [-0.25, -0.2) is 0 Å². The van der Waals surface area contributed by atoms with Crippen molar-refractivity contribution in [2.45, 2.75) is 20.3 Å². The molecule has 0 amide bonds. The smallest absolute Gasteiger partial charge is 0.119 e. The summed E-state index contributed by atoms with van der Waals surface area (Å²) >= 11 is 5.58. The van der Waals surface area contributed by atoms with E-state index >= 15 is 0 Å². The van der Waals surface area contributed by atoms with Crippen molar-refractivity contribution in [1.29, 1.82) is 0 Å². The van der Waals surface area contributed by atoms with Gasteiger partial charge in [0.25, 0.3) is 0 Å². The highest BCUT2D eigenvalue weighted by molar-refractivity contribution is 6.25. The molecule has 0 fully saturated rings. The summed E-state index contributed by atoms with van der Waals surface area (Å²) in [4.78, 5) is 0. The summed E-state index contributed by atoms with van der Waals surface area (Å²) in [5, 5.41) is 3.27. The first kappa shape index (κ1) is 12.9. The zero-order valence-corrected chi connectivity index (χ0v) is 10.6. The number of ether oxygens (including phenoxy) is 1. The van der Waals surface area contributed by atoms with Crippen LogP contribution < -0.4 is 10.1 Å². The van der Waals surface area contributed by atoms with Crippen LogP contribution in [0.4, 0.5) is 5.69 Å². The molecular weight excluding hydrogens is 222 g/mol. The maximum absolute atomic E-state index is 5.58. The number of halogens is 1. The fourth-order valence-corrected chi connectivity index (χ4v) is 1.25. The fraction of sp³-hybridized carbons (Fsp3) is 0.385. The summed E-state index contributed by atoms with van der Waals surface area (Å²) in [6.45, 7) is 5.61. The van der Waals surface area contributed by atoms with E-state index in [0.29, 0.717) is 0 Å². The summed E-state index contributed by atoms with van der Waals surface area (Å²) in [5.74, 6) is 0.914. The van der Waals surface area contributed by atoms with E-state index in [2.05, 4.69) is 12.2 Å². The summed E-state index contributed by atoms with van der Waals surface area (Å²) in [5.41, 5.74) is 3.76. The van der Waals surface area contributed by atoms with Crippen LogP contribution >= 0.6 is 11.6 Å². The summed E-state index contributed by atoms with van der Waals surface area (Å²) < 4.78 is 5.50. The highest BCUT2D eigenvalue weighted by atomic mass is 35.5. The summed E-state index contributed by atoms with van der Waals surface area (Å²) in [6, 6.07) is 7.95. The van der Waals surface area contributed by atoms with E-state index in [9.17, 15) is 0 Å². The van der Waals surface area contributed by atoms with Gasteiger partial charge >= 0.3 is 0 Å². The number of rotatable bonds is 6. The number of hydrogen-bond acceptors (Lipinski definition) is 2. The molecule has 0 aliphatic heterocycles. The second-order valence-corrected chi connectivity index (χ2v) is 3.90. The molecule has 0 aromatic heterocycles. The fourth-order valence-electron chi connectivity index (χ4n) is 1.17. The van der Waals surface area contributed by atoms with Gasteiger partial charge in [0, 0.05) is 17.8 Å². The lowest BCUT2D eigenvalue weighted by Crippen LogP contribution is -2.02. The van der Waals surface area contributed by atoms with Crippen LogP contribution in [0.15, 0.2) is 35.4 Å². The molecule has 1 N–H and O–H groups in total. The molecule has 16 heavy (non-hydrogen) atoms. The quantitative estimate of drug-likeness (QED) is 0.809. The Morgan fingerprint density at radius 1 is 1.38 bits per heavy atom. The molecule has 0 aliphatic carbocycles. The molecule has 0 spiro atoms. The van der Waals surface area contributed by atoms with Gasteiger partial charge in [0.15, 0.2) is 0 Å². The normalized spacial score (nSPS) is 11.3. The van der Waals surface area contributed by atoms with Crippen molar-refractivity contribution in [1.82, 2.24) is 0 Å². The topological polar surface area (TPSA) is 21.3 Å². The largest absolute Gasteiger partial charge is 0.494 e. The van der Waals surface area contributed by atoms with E-state index in [1.807, 2.05) is 31.2 Å². The minimum atomic E-state index is 0.763. The van der Waals surface area contributed by atoms with Crippen LogP contribution in [0, 0.1) is 0 Å². The predicted octanol–water partition coefficient (Wildman–Crippen LogP) is 4.03. The molecule has 0 unspecified atom stereocenters. The van der Waals surface area contributed by atoms with Crippen molar-refractivity contribution < 1.29 is 4.74 Å². The van der Waals surface area contributed by atoms with Gasteiger partial charge in [0.2, 0.25) is 0 Å². The van der Waals surface area contributed by atoms with Crippen LogP contribution in [0.2, 0.25) is 0 Å². The molecule has 2 nitrogen and oxygen atoms in total. The zero-order valence-electron chi connectivity index (χ0n) is 9.79. The molecule has 0 radical (unpaired) electrons. The maximum Gasteiger partial charge on any atom is 0.119 e. The molecule has 1 aromatic rings. The first-order chi connectivity index (χ1) is 7.76. The van der Waals surface area contributed by atoms with Gasteiger partial charge in [-0.3, -0.25) is 0 Å². The Bertz CT molecular complexity index is 332. The third-order valence-electron chi connectivity index (χ3n) is 2.08. The Morgan fingerprint density at radius 3 is 2.62 bits per heavy atom. The molecule has 0 heterocycles. The molecular formula is C13H18ClNO. The third-order valence-corrected chi connectivity index (χ3v) is 2.46. The second-order valence-electron chi connectivity index (χ2n) is 3.68. The van der Waals surface area contributed by atoms with E-state index in [0.717, 1.165) is 36.6 Å². The van der Waals surface area contributed by atoms with Gasteiger partial charge < -0.3 is 10.1 Å². The summed E-state index contributed by atoms with van der Waals surface area (Å²) in [6.07, 6.45) is 1.03. The highest BCUT2D eigenvalue weighted by Crippen LogP contribution is 2.16. The molecule has 0 aliphatic rings. The van der Waals surface area contributed by atoms with E-state index in [-0.39, 0.29) is 0 Å². The Balaban J connectivity index is 2.45. The van der Waals surface area contributed by atoms with Crippen LogP contribution in [0.1, 0.15) is 20.3 Å². The molecule has 1 aromatic carbocycles. The van der Waals surface area contributed by atoms with Crippen molar-refractivity contribution >= 4 is 17.3 Å². The average molecular weight is 240 g/mol. The van der Waals surface area contributed by atoms with E-state index in [1.54, 1.807) is 5.54 Å². The summed E-state index contributed by atoms with van der Waals surface area (Å²) in [7, 11) is 0. The van der Waals surface area contributed by atoms with Gasteiger partial charge in [-0.15, -0.1) is 0 Å². The zero-order chi connectivity index (χ0) is 11.8. The monoisotopic (exact) mass is 239 g/mol. The van der Waals surface area contributed by atoms with Crippen LogP contribution in [0.25, 0.3) is 0 Å². The number of anilines is 1. The van der Waals surface area contributed by atoms with Crippen LogP contribution in [-0.2, 0) is 0 Å². The number of hydrogen-bond donors (Lipinski definition) is 1. The molecule has 0 bridgehead atoms. The van der Waals surface area contributed by atoms with Gasteiger partial charge in [-0.2, -0.15) is 0 Å². The molecule has 0 atom stereocenters. The lowest BCUT2D eigenvalue weighted by molar-refractivity contribution is 0.317.